The Kier molecular flexibility index (Phi) is 2.24. The summed E-state index contributed by atoms with van der Waals surface area (Å²) in [5, 5.41) is 0. The van der Waals surface area contributed by atoms with Crippen molar-refractivity contribution in [3.05, 3.63) is 29.8 Å². The molecule has 0 bridgehead atoms. The van der Waals surface area contributed by atoms with Gasteiger partial charge in [-0.2, -0.15) is 0 Å². The quantitative estimate of drug-likeness (QED) is 0.664. The second-order valence-corrected chi connectivity index (χ2v) is 4.34. The van der Waals surface area contributed by atoms with Gasteiger partial charge in [-0.15, -0.1) is 0 Å². The summed E-state index contributed by atoms with van der Waals surface area (Å²) in [6, 6.07) is 7.61. The minimum Gasteiger partial charge on any atom is -0.360 e. The van der Waals surface area contributed by atoms with Crippen molar-refractivity contribution in [2.75, 3.05) is 13.1 Å². The Hall–Kier alpha value is -1.64. The second kappa shape index (κ2) is 3.74. The molecule has 0 unspecified atom stereocenters. The Morgan fingerprint density at radius 2 is 1.88 bits per heavy atom. The van der Waals surface area contributed by atoms with E-state index in [4.69, 9.17) is 0 Å². The third-order valence-corrected chi connectivity index (χ3v) is 3.24. The van der Waals surface area contributed by atoms with Crippen molar-refractivity contribution in [2.45, 2.75) is 19.3 Å². The van der Waals surface area contributed by atoms with Gasteiger partial charge in [0.15, 0.2) is 5.78 Å². The standard InChI is InChI=1S/C13H14N2O/c16-12-9-13(15-7-3-4-8-15)14-11-6-2-1-5-10(11)12/h1-2,5-6H,3-4,7-9H2. The van der Waals surface area contributed by atoms with Crippen LogP contribution in [0.5, 0.6) is 0 Å². The molecule has 0 aliphatic carbocycles. The number of aliphatic imine (C=N–C) groups is 1. The molecule has 0 spiro atoms. The number of para-hydroxylation sites is 1. The van der Waals surface area contributed by atoms with Crippen LogP contribution in [0.3, 0.4) is 0 Å². The topological polar surface area (TPSA) is 32.7 Å². The van der Waals surface area contributed by atoms with Gasteiger partial charge < -0.3 is 4.90 Å². The Morgan fingerprint density at radius 3 is 2.69 bits per heavy atom. The smallest absolute Gasteiger partial charge is 0.172 e. The maximum atomic E-state index is 11.9. The number of carbonyl (C=O) groups is 1. The number of likely N-dealkylation sites (tertiary alicyclic amines) is 1. The zero-order chi connectivity index (χ0) is 11.0. The molecular weight excluding hydrogens is 200 g/mol. The number of fused-ring (bicyclic) bond motifs is 1. The molecule has 0 N–H and O–H groups in total. The molecule has 2 aliphatic rings. The van der Waals surface area contributed by atoms with Crippen molar-refractivity contribution in [3.63, 3.8) is 0 Å². The van der Waals surface area contributed by atoms with Crippen LogP contribution in [-0.4, -0.2) is 29.6 Å². The molecule has 2 aliphatic heterocycles. The Labute approximate surface area is 94.8 Å². The van der Waals surface area contributed by atoms with Crippen LogP contribution in [0.1, 0.15) is 29.6 Å². The van der Waals surface area contributed by atoms with Gasteiger partial charge in [0.1, 0.15) is 5.84 Å². The number of benzene rings is 1. The number of rotatable bonds is 0. The summed E-state index contributed by atoms with van der Waals surface area (Å²) in [6.07, 6.45) is 2.90. The second-order valence-electron chi connectivity index (χ2n) is 4.34. The van der Waals surface area contributed by atoms with Crippen LogP contribution in [0.4, 0.5) is 5.69 Å². The van der Waals surface area contributed by atoms with E-state index in [9.17, 15) is 4.79 Å². The highest BCUT2D eigenvalue weighted by Crippen LogP contribution is 2.27. The Balaban J connectivity index is 1.99. The van der Waals surface area contributed by atoms with E-state index < -0.39 is 0 Å². The third-order valence-electron chi connectivity index (χ3n) is 3.24. The molecule has 0 aromatic heterocycles. The molecule has 1 fully saturated rings. The highest BCUT2D eigenvalue weighted by Gasteiger charge is 2.24. The molecule has 1 aromatic carbocycles. The van der Waals surface area contributed by atoms with E-state index in [1.54, 1.807) is 0 Å². The van der Waals surface area contributed by atoms with Crippen LogP contribution >= 0.6 is 0 Å². The summed E-state index contributed by atoms with van der Waals surface area (Å²) in [5.74, 6) is 1.16. The number of amidine groups is 1. The molecule has 0 saturated carbocycles. The van der Waals surface area contributed by atoms with E-state index in [1.807, 2.05) is 24.3 Å². The average Bonchev–Trinajstić information content (AvgIpc) is 2.82. The largest absolute Gasteiger partial charge is 0.360 e. The molecule has 82 valence electrons. The predicted molar refractivity (Wildman–Crippen MR) is 63.3 cm³/mol. The summed E-state index contributed by atoms with van der Waals surface area (Å²) in [4.78, 5) is 18.8. The van der Waals surface area contributed by atoms with E-state index in [1.165, 1.54) is 12.8 Å². The lowest BCUT2D eigenvalue weighted by Gasteiger charge is -2.23. The minimum absolute atomic E-state index is 0.201. The van der Waals surface area contributed by atoms with E-state index in [0.29, 0.717) is 6.42 Å². The van der Waals surface area contributed by atoms with Gasteiger partial charge in [0.2, 0.25) is 0 Å². The average molecular weight is 214 g/mol. The van der Waals surface area contributed by atoms with Crippen LogP contribution in [0.2, 0.25) is 0 Å². The van der Waals surface area contributed by atoms with E-state index in [0.717, 1.165) is 30.2 Å². The highest BCUT2D eigenvalue weighted by atomic mass is 16.1. The first kappa shape index (κ1) is 9.58. The lowest BCUT2D eigenvalue weighted by Crippen LogP contribution is -2.31. The molecule has 1 saturated heterocycles. The van der Waals surface area contributed by atoms with E-state index in [-0.39, 0.29) is 5.78 Å². The van der Waals surface area contributed by atoms with Crippen molar-refractivity contribution in [1.29, 1.82) is 0 Å². The van der Waals surface area contributed by atoms with Crippen molar-refractivity contribution < 1.29 is 4.79 Å². The fourth-order valence-electron chi connectivity index (χ4n) is 2.38. The molecule has 0 radical (unpaired) electrons. The SMILES string of the molecule is O=C1CC(N2CCCC2)=Nc2ccccc21. The number of carbonyl (C=O) groups excluding carboxylic acids is 1. The molecule has 0 amide bonds. The first-order chi connectivity index (χ1) is 7.84. The van der Waals surface area contributed by atoms with Crippen LogP contribution in [0.25, 0.3) is 0 Å². The van der Waals surface area contributed by atoms with Gasteiger partial charge in [0.25, 0.3) is 0 Å². The minimum atomic E-state index is 0.201. The number of nitrogens with zero attached hydrogens (tertiary/aromatic N) is 2. The number of ketones is 1. The first-order valence-electron chi connectivity index (χ1n) is 5.79. The molecule has 0 atom stereocenters. The van der Waals surface area contributed by atoms with E-state index in [2.05, 4.69) is 9.89 Å². The monoisotopic (exact) mass is 214 g/mol. The van der Waals surface area contributed by atoms with Crippen molar-refractivity contribution in [3.8, 4) is 0 Å². The van der Waals surface area contributed by atoms with Crippen LogP contribution < -0.4 is 0 Å². The van der Waals surface area contributed by atoms with Gasteiger partial charge in [0.05, 0.1) is 12.1 Å². The zero-order valence-electron chi connectivity index (χ0n) is 9.15. The van der Waals surface area contributed by atoms with Crippen LogP contribution in [0, 0.1) is 0 Å². The van der Waals surface area contributed by atoms with Crippen molar-refractivity contribution in [2.24, 2.45) is 4.99 Å². The zero-order valence-corrected chi connectivity index (χ0v) is 9.15. The highest BCUT2D eigenvalue weighted by molar-refractivity contribution is 6.15. The Bertz CT molecular complexity index is 459. The normalized spacial score (nSPS) is 19.6. The molecule has 3 heteroatoms. The van der Waals surface area contributed by atoms with E-state index >= 15 is 0 Å². The molecule has 2 heterocycles. The van der Waals surface area contributed by atoms with Gasteiger partial charge in [-0.25, -0.2) is 4.99 Å². The number of hydrogen-bond donors (Lipinski definition) is 0. The number of hydrogen-bond acceptors (Lipinski definition) is 3. The number of Topliss-reactive ketones (excluding diaryl/α,β-unsaturated/α-hetero) is 1. The molecule has 1 aromatic rings. The maximum absolute atomic E-state index is 11.9. The third kappa shape index (κ3) is 1.52. The summed E-state index contributed by atoms with van der Waals surface area (Å²) in [5.41, 5.74) is 1.60. The van der Waals surface area contributed by atoms with Gasteiger partial charge in [0, 0.05) is 18.7 Å². The lowest BCUT2D eigenvalue weighted by atomic mass is 10.0. The van der Waals surface area contributed by atoms with Gasteiger partial charge in [-0.3, -0.25) is 4.79 Å². The fourth-order valence-corrected chi connectivity index (χ4v) is 2.38. The van der Waals surface area contributed by atoms with Gasteiger partial charge >= 0.3 is 0 Å². The molecule has 16 heavy (non-hydrogen) atoms. The maximum Gasteiger partial charge on any atom is 0.172 e. The summed E-state index contributed by atoms with van der Waals surface area (Å²) >= 11 is 0. The van der Waals surface area contributed by atoms with Crippen LogP contribution in [-0.2, 0) is 0 Å². The van der Waals surface area contributed by atoms with Crippen LogP contribution in [0.15, 0.2) is 29.3 Å². The summed E-state index contributed by atoms with van der Waals surface area (Å²) < 4.78 is 0. The van der Waals surface area contributed by atoms with Gasteiger partial charge in [-0.05, 0) is 25.0 Å². The van der Waals surface area contributed by atoms with Gasteiger partial charge in [-0.1, -0.05) is 12.1 Å². The molecule has 3 nitrogen and oxygen atoms in total. The summed E-state index contributed by atoms with van der Waals surface area (Å²) in [7, 11) is 0. The molecule has 3 rings (SSSR count). The first-order valence-corrected chi connectivity index (χ1v) is 5.79. The lowest BCUT2D eigenvalue weighted by molar-refractivity contribution is 0.0996. The summed E-state index contributed by atoms with van der Waals surface area (Å²) in [6.45, 7) is 2.10. The molecular formula is C13H14N2O. The predicted octanol–water partition coefficient (Wildman–Crippen LogP) is 2.40. The van der Waals surface area contributed by atoms with Crippen molar-refractivity contribution >= 4 is 17.3 Å². The Morgan fingerprint density at radius 1 is 1.12 bits per heavy atom. The van der Waals surface area contributed by atoms with Crippen molar-refractivity contribution in [1.82, 2.24) is 4.90 Å². The fraction of sp³-hybridized carbons (Fsp3) is 0.385.